The third-order valence-corrected chi connectivity index (χ3v) is 1.73. The molecule has 1 aromatic heterocycles. The molecule has 0 radical (unpaired) electrons. The Hall–Kier alpha value is -1.67. The molecule has 0 fully saturated rings. The van der Waals surface area contributed by atoms with E-state index in [1.807, 2.05) is 0 Å². The van der Waals surface area contributed by atoms with Gasteiger partial charge in [0.05, 0.1) is 7.11 Å². The van der Waals surface area contributed by atoms with Crippen molar-refractivity contribution < 1.29 is 9.47 Å². The van der Waals surface area contributed by atoms with Crippen molar-refractivity contribution in [3.05, 3.63) is 0 Å². The molecular weight excluding hydrogens is 212 g/mol. The second-order valence-electron chi connectivity index (χ2n) is 2.89. The number of nitrogens with two attached hydrogens (primary N) is 1. The summed E-state index contributed by atoms with van der Waals surface area (Å²) in [5, 5.41) is 3.01. The molecule has 16 heavy (non-hydrogen) atoms. The fourth-order valence-electron chi connectivity index (χ4n) is 1.01. The minimum Gasteiger partial charge on any atom is -0.467 e. The highest BCUT2D eigenvalue weighted by atomic mass is 16.5. The van der Waals surface area contributed by atoms with Crippen LogP contribution in [-0.4, -0.2) is 42.3 Å². The molecule has 8 heteroatoms. The Bertz CT molecular complexity index is 299. The van der Waals surface area contributed by atoms with Gasteiger partial charge in [-0.3, -0.25) is 5.43 Å². The zero-order valence-corrected chi connectivity index (χ0v) is 9.36. The van der Waals surface area contributed by atoms with Crippen LogP contribution in [0, 0.1) is 0 Å². The average molecular weight is 228 g/mol. The Morgan fingerprint density at radius 3 is 2.56 bits per heavy atom. The van der Waals surface area contributed by atoms with E-state index in [0.29, 0.717) is 19.1 Å². The number of nitrogens with one attached hydrogen (secondary N) is 2. The van der Waals surface area contributed by atoms with Crippen LogP contribution in [0.3, 0.4) is 0 Å². The molecule has 4 N–H and O–H groups in total. The smallest absolute Gasteiger partial charge is 0.322 e. The van der Waals surface area contributed by atoms with Crippen LogP contribution >= 0.6 is 0 Å². The summed E-state index contributed by atoms with van der Waals surface area (Å²) >= 11 is 0. The molecular formula is C8H16N6O2. The number of anilines is 2. The predicted octanol–water partition coefficient (Wildman–Crippen LogP) is -0.386. The van der Waals surface area contributed by atoms with Crippen LogP contribution in [0.4, 0.5) is 11.9 Å². The lowest BCUT2D eigenvalue weighted by Crippen LogP contribution is -2.14. The minimum atomic E-state index is 0.206. The number of hydrazine groups is 1. The lowest BCUT2D eigenvalue weighted by Gasteiger charge is -2.07. The number of rotatable bonds is 7. The Kier molecular flexibility index (Phi) is 5.23. The van der Waals surface area contributed by atoms with Crippen molar-refractivity contribution in [1.82, 2.24) is 15.0 Å². The van der Waals surface area contributed by atoms with Crippen molar-refractivity contribution in [3.63, 3.8) is 0 Å². The topological polar surface area (TPSA) is 107 Å². The molecule has 0 aromatic carbocycles. The molecule has 0 amide bonds. The maximum absolute atomic E-state index is 5.21. The summed E-state index contributed by atoms with van der Waals surface area (Å²) in [6.45, 7) is 1.38. The van der Waals surface area contributed by atoms with E-state index >= 15 is 0 Å². The van der Waals surface area contributed by atoms with Gasteiger partial charge in [0.2, 0.25) is 11.9 Å². The Morgan fingerprint density at radius 2 is 1.94 bits per heavy atom. The van der Waals surface area contributed by atoms with E-state index in [4.69, 9.17) is 15.3 Å². The molecule has 0 aliphatic carbocycles. The standard InChI is InChI=1S/C8H16N6O2/c1-15-5-3-4-10-6-11-7(14-9)13-8(12-6)16-2/h3-5,9H2,1-2H3,(H2,10,11,12,13,14). The Balaban J connectivity index is 2.57. The molecule has 1 heterocycles. The van der Waals surface area contributed by atoms with Gasteiger partial charge in [-0.1, -0.05) is 0 Å². The molecule has 0 spiro atoms. The van der Waals surface area contributed by atoms with Gasteiger partial charge < -0.3 is 14.8 Å². The molecule has 0 saturated heterocycles. The summed E-state index contributed by atoms with van der Waals surface area (Å²) in [5.74, 6) is 5.88. The number of nitrogen functional groups attached to an aromatic ring is 1. The Labute approximate surface area is 93.6 Å². The number of aromatic nitrogens is 3. The van der Waals surface area contributed by atoms with Gasteiger partial charge in [-0.15, -0.1) is 0 Å². The van der Waals surface area contributed by atoms with E-state index in [1.165, 1.54) is 7.11 Å². The average Bonchev–Trinajstić information content (AvgIpc) is 2.34. The highest BCUT2D eigenvalue weighted by molar-refractivity contribution is 5.34. The van der Waals surface area contributed by atoms with Crippen molar-refractivity contribution in [1.29, 1.82) is 0 Å². The van der Waals surface area contributed by atoms with Crippen LogP contribution in [0.1, 0.15) is 6.42 Å². The molecule has 0 aliphatic rings. The first-order valence-corrected chi connectivity index (χ1v) is 4.79. The van der Waals surface area contributed by atoms with E-state index in [9.17, 15) is 0 Å². The van der Waals surface area contributed by atoms with Gasteiger partial charge in [0.25, 0.3) is 0 Å². The number of ether oxygens (including phenoxy) is 2. The molecule has 90 valence electrons. The summed E-state index contributed by atoms with van der Waals surface area (Å²) in [7, 11) is 3.13. The zero-order chi connectivity index (χ0) is 11.8. The van der Waals surface area contributed by atoms with Crippen molar-refractivity contribution in [3.8, 4) is 6.01 Å². The van der Waals surface area contributed by atoms with Gasteiger partial charge in [0.15, 0.2) is 0 Å². The molecule has 0 atom stereocenters. The van der Waals surface area contributed by atoms with E-state index < -0.39 is 0 Å². The van der Waals surface area contributed by atoms with Crippen LogP contribution < -0.4 is 21.3 Å². The van der Waals surface area contributed by atoms with Crippen LogP contribution in [0.25, 0.3) is 0 Å². The third kappa shape index (κ3) is 3.83. The van der Waals surface area contributed by atoms with E-state index in [1.54, 1.807) is 7.11 Å². The highest BCUT2D eigenvalue weighted by Crippen LogP contribution is 2.09. The first kappa shape index (κ1) is 12.4. The lowest BCUT2D eigenvalue weighted by molar-refractivity contribution is 0.197. The number of nitrogens with zero attached hydrogens (tertiary/aromatic N) is 3. The fourth-order valence-corrected chi connectivity index (χ4v) is 1.01. The van der Waals surface area contributed by atoms with Crippen LogP contribution in [0.2, 0.25) is 0 Å². The molecule has 0 saturated carbocycles. The first-order chi connectivity index (χ1) is 7.80. The second kappa shape index (κ2) is 6.75. The molecule has 1 aromatic rings. The van der Waals surface area contributed by atoms with Crippen LogP contribution in [0.5, 0.6) is 6.01 Å². The third-order valence-electron chi connectivity index (χ3n) is 1.73. The van der Waals surface area contributed by atoms with Gasteiger partial charge in [-0.2, -0.15) is 15.0 Å². The summed E-state index contributed by atoms with van der Waals surface area (Å²) in [4.78, 5) is 11.9. The lowest BCUT2D eigenvalue weighted by atomic mass is 10.4. The number of hydrogen-bond acceptors (Lipinski definition) is 8. The highest BCUT2D eigenvalue weighted by Gasteiger charge is 2.04. The Morgan fingerprint density at radius 1 is 1.19 bits per heavy atom. The van der Waals surface area contributed by atoms with Crippen molar-refractivity contribution >= 4 is 11.9 Å². The molecule has 0 bridgehead atoms. The predicted molar refractivity (Wildman–Crippen MR) is 59.2 cm³/mol. The SMILES string of the molecule is COCCCNc1nc(NN)nc(OC)n1. The van der Waals surface area contributed by atoms with Crippen LogP contribution in [0.15, 0.2) is 0 Å². The van der Waals surface area contributed by atoms with Gasteiger partial charge in [-0.05, 0) is 6.42 Å². The molecule has 8 nitrogen and oxygen atoms in total. The van der Waals surface area contributed by atoms with E-state index in [0.717, 1.165) is 6.42 Å². The normalized spacial score (nSPS) is 9.94. The molecule has 1 rings (SSSR count). The van der Waals surface area contributed by atoms with Gasteiger partial charge >= 0.3 is 6.01 Å². The molecule has 0 unspecified atom stereocenters. The van der Waals surface area contributed by atoms with Gasteiger partial charge in [0.1, 0.15) is 0 Å². The summed E-state index contributed by atoms with van der Waals surface area (Å²) in [5.41, 5.74) is 2.34. The maximum Gasteiger partial charge on any atom is 0.322 e. The molecule has 0 aliphatic heterocycles. The number of hydrogen-bond donors (Lipinski definition) is 3. The van der Waals surface area contributed by atoms with Crippen LogP contribution in [-0.2, 0) is 4.74 Å². The quantitative estimate of drug-likeness (QED) is 0.329. The second-order valence-corrected chi connectivity index (χ2v) is 2.89. The fraction of sp³-hybridized carbons (Fsp3) is 0.625. The largest absolute Gasteiger partial charge is 0.467 e. The van der Waals surface area contributed by atoms with Gasteiger partial charge in [0, 0.05) is 20.3 Å². The monoisotopic (exact) mass is 228 g/mol. The van der Waals surface area contributed by atoms with E-state index in [-0.39, 0.29) is 12.0 Å². The zero-order valence-electron chi connectivity index (χ0n) is 9.36. The van der Waals surface area contributed by atoms with Crippen molar-refractivity contribution in [2.45, 2.75) is 6.42 Å². The minimum absolute atomic E-state index is 0.206. The van der Waals surface area contributed by atoms with Crippen molar-refractivity contribution in [2.24, 2.45) is 5.84 Å². The number of methoxy groups -OCH3 is 2. The van der Waals surface area contributed by atoms with Crippen molar-refractivity contribution in [2.75, 3.05) is 38.1 Å². The summed E-state index contributed by atoms with van der Waals surface area (Å²) in [6.07, 6.45) is 0.857. The van der Waals surface area contributed by atoms with E-state index in [2.05, 4.69) is 25.7 Å². The summed E-state index contributed by atoms with van der Waals surface area (Å²) in [6, 6.07) is 0.206. The summed E-state index contributed by atoms with van der Waals surface area (Å²) < 4.78 is 9.82. The van der Waals surface area contributed by atoms with Gasteiger partial charge in [-0.25, -0.2) is 5.84 Å². The first-order valence-electron chi connectivity index (χ1n) is 4.79. The maximum atomic E-state index is 5.21.